The Labute approximate surface area is 59.0 Å². The number of carbonyl (C=O) groups is 1. The number of carbonyl (C=O) groups excluding carboxylic acids is 1. The van der Waals surface area contributed by atoms with Crippen molar-refractivity contribution in [2.75, 3.05) is 11.5 Å². The van der Waals surface area contributed by atoms with E-state index in [-0.39, 0.29) is 5.75 Å². The molecule has 0 aromatic heterocycles. The Morgan fingerprint density at radius 2 is 2.44 bits per heavy atom. The summed E-state index contributed by atoms with van der Waals surface area (Å²) in [4.78, 5) is 9.81. The standard InChI is InChI=1S/C6H10O2S/c1-2-3-4-9-5-6(7)8/h2-3H,4-5H2,1H3,(H,7,8)/p-1/b3-2+. The number of hydrogen-bond donors (Lipinski definition) is 0. The maximum Gasteiger partial charge on any atom is 0.0513 e. The van der Waals surface area contributed by atoms with Crippen LogP contribution in [-0.2, 0) is 4.79 Å². The number of aliphatic carboxylic acids is 1. The van der Waals surface area contributed by atoms with E-state index in [0.29, 0.717) is 0 Å². The van der Waals surface area contributed by atoms with Crippen LogP contribution >= 0.6 is 11.8 Å². The summed E-state index contributed by atoms with van der Waals surface area (Å²) in [5.41, 5.74) is 0. The summed E-state index contributed by atoms with van der Waals surface area (Å²) in [5.74, 6) is -0.154. The van der Waals surface area contributed by atoms with Gasteiger partial charge in [-0.3, -0.25) is 0 Å². The number of thioether (sulfide) groups is 1. The fourth-order valence-electron chi connectivity index (χ4n) is 0.307. The van der Waals surface area contributed by atoms with Crippen LogP contribution in [0.25, 0.3) is 0 Å². The minimum atomic E-state index is -0.996. The van der Waals surface area contributed by atoms with E-state index < -0.39 is 5.97 Å². The molecule has 0 spiro atoms. The van der Waals surface area contributed by atoms with Crippen molar-refractivity contribution in [2.45, 2.75) is 6.92 Å². The predicted molar refractivity (Wildman–Crippen MR) is 37.1 cm³/mol. The third-order valence-corrected chi connectivity index (χ3v) is 1.54. The van der Waals surface area contributed by atoms with Crippen LogP contribution < -0.4 is 5.11 Å². The molecule has 3 heteroatoms. The first kappa shape index (κ1) is 8.56. The summed E-state index contributed by atoms with van der Waals surface area (Å²) < 4.78 is 0. The molecule has 0 rings (SSSR count). The largest absolute Gasteiger partial charge is 0.549 e. The molecule has 0 atom stereocenters. The van der Waals surface area contributed by atoms with Crippen LogP contribution in [0.4, 0.5) is 0 Å². The van der Waals surface area contributed by atoms with Crippen LogP contribution in [-0.4, -0.2) is 17.5 Å². The van der Waals surface area contributed by atoms with Crippen molar-refractivity contribution in [1.82, 2.24) is 0 Å². The molecular weight excluding hydrogens is 136 g/mol. The van der Waals surface area contributed by atoms with Crippen LogP contribution in [0.5, 0.6) is 0 Å². The van der Waals surface area contributed by atoms with Gasteiger partial charge in [0.2, 0.25) is 0 Å². The highest BCUT2D eigenvalue weighted by molar-refractivity contribution is 8.00. The molecule has 0 bridgehead atoms. The second-order valence-corrected chi connectivity index (χ2v) is 2.49. The van der Waals surface area contributed by atoms with Gasteiger partial charge in [0.05, 0.1) is 5.97 Å². The van der Waals surface area contributed by atoms with Gasteiger partial charge < -0.3 is 9.90 Å². The maximum atomic E-state index is 9.81. The monoisotopic (exact) mass is 145 g/mol. The molecule has 0 aromatic rings. The van der Waals surface area contributed by atoms with Gasteiger partial charge in [-0.2, -0.15) is 11.8 Å². The van der Waals surface area contributed by atoms with Crippen LogP contribution in [0.3, 0.4) is 0 Å². The van der Waals surface area contributed by atoms with Crippen molar-refractivity contribution in [3.63, 3.8) is 0 Å². The fraction of sp³-hybridized carbons (Fsp3) is 0.500. The zero-order chi connectivity index (χ0) is 7.11. The summed E-state index contributed by atoms with van der Waals surface area (Å²) in [6, 6.07) is 0. The van der Waals surface area contributed by atoms with E-state index in [0.717, 1.165) is 5.75 Å². The van der Waals surface area contributed by atoms with E-state index >= 15 is 0 Å². The van der Waals surface area contributed by atoms with Crippen LogP contribution in [0.2, 0.25) is 0 Å². The van der Waals surface area contributed by atoms with E-state index in [9.17, 15) is 9.90 Å². The van der Waals surface area contributed by atoms with Gasteiger partial charge in [-0.1, -0.05) is 12.2 Å². The molecular formula is C6H9O2S-. The predicted octanol–water partition coefficient (Wildman–Crippen LogP) is 0.0456. The second kappa shape index (κ2) is 5.69. The lowest BCUT2D eigenvalue weighted by atomic mass is 10.6. The number of hydrogen-bond acceptors (Lipinski definition) is 3. The van der Waals surface area contributed by atoms with Crippen molar-refractivity contribution in [1.29, 1.82) is 0 Å². The molecule has 0 aromatic carbocycles. The summed E-state index contributed by atoms with van der Waals surface area (Å²) in [7, 11) is 0. The van der Waals surface area contributed by atoms with Crippen molar-refractivity contribution in [3.8, 4) is 0 Å². The Balaban J connectivity index is 3.01. The molecule has 0 N–H and O–H groups in total. The first-order valence-corrected chi connectivity index (χ1v) is 3.81. The molecule has 0 saturated heterocycles. The number of allylic oxidation sites excluding steroid dienone is 1. The summed E-state index contributed by atoms with van der Waals surface area (Å²) in [6.45, 7) is 1.90. The highest BCUT2D eigenvalue weighted by atomic mass is 32.2. The van der Waals surface area contributed by atoms with E-state index in [1.165, 1.54) is 11.8 Å². The third-order valence-electron chi connectivity index (χ3n) is 0.670. The molecule has 0 amide bonds. The molecule has 0 fully saturated rings. The van der Waals surface area contributed by atoms with E-state index in [2.05, 4.69) is 0 Å². The van der Waals surface area contributed by atoms with Gasteiger partial charge in [0.15, 0.2) is 0 Å². The number of rotatable bonds is 4. The topological polar surface area (TPSA) is 40.1 Å². The first-order chi connectivity index (χ1) is 4.27. The van der Waals surface area contributed by atoms with Crippen LogP contribution in [0, 0.1) is 0 Å². The molecule has 2 nitrogen and oxygen atoms in total. The third kappa shape index (κ3) is 7.56. The molecule has 0 radical (unpaired) electrons. The Bertz CT molecular complexity index is 110. The van der Waals surface area contributed by atoms with Crippen molar-refractivity contribution >= 4 is 17.7 Å². The van der Waals surface area contributed by atoms with Crippen molar-refractivity contribution < 1.29 is 9.90 Å². The Hall–Kier alpha value is -0.440. The lowest BCUT2D eigenvalue weighted by Crippen LogP contribution is -2.24. The summed E-state index contributed by atoms with van der Waals surface area (Å²) in [6.07, 6.45) is 3.80. The quantitative estimate of drug-likeness (QED) is 0.414. The van der Waals surface area contributed by atoms with Gasteiger partial charge >= 0.3 is 0 Å². The Morgan fingerprint density at radius 1 is 1.78 bits per heavy atom. The molecule has 0 heterocycles. The molecule has 0 aliphatic rings. The van der Waals surface area contributed by atoms with Crippen LogP contribution in [0.15, 0.2) is 12.2 Å². The Kier molecular flexibility index (Phi) is 5.41. The highest BCUT2D eigenvalue weighted by Gasteiger charge is 1.82. The second-order valence-electron chi connectivity index (χ2n) is 1.46. The zero-order valence-electron chi connectivity index (χ0n) is 5.29. The molecule has 0 saturated carbocycles. The number of carboxylic acid groups (broad SMARTS) is 1. The average molecular weight is 145 g/mol. The molecule has 9 heavy (non-hydrogen) atoms. The minimum Gasteiger partial charge on any atom is -0.549 e. The van der Waals surface area contributed by atoms with Gasteiger partial charge in [-0.15, -0.1) is 0 Å². The van der Waals surface area contributed by atoms with Gasteiger partial charge in [0.25, 0.3) is 0 Å². The summed E-state index contributed by atoms with van der Waals surface area (Å²) >= 11 is 1.34. The van der Waals surface area contributed by atoms with Crippen molar-refractivity contribution in [2.24, 2.45) is 0 Å². The molecule has 0 aliphatic heterocycles. The average Bonchev–Trinajstić information content (AvgIpc) is 1.80. The van der Waals surface area contributed by atoms with Gasteiger partial charge in [-0.05, 0) is 6.92 Å². The normalized spacial score (nSPS) is 10.3. The molecule has 0 unspecified atom stereocenters. The smallest absolute Gasteiger partial charge is 0.0513 e. The Morgan fingerprint density at radius 3 is 2.89 bits per heavy atom. The van der Waals surface area contributed by atoms with Gasteiger partial charge in [0, 0.05) is 11.5 Å². The lowest BCUT2D eigenvalue weighted by molar-refractivity contribution is -0.301. The van der Waals surface area contributed by atoms with E-state index in [4.69, 9.17) is 0 Å². The van der Waals surface area contributed by atoms with E-state index in [1.54, 1.807) is 0 Å². The molecule has 52 valence electrons. The van der Waals surface area contributed by atoms with E-state index in [1.807, 2.05) is 19.1 Å². The van der Waals surface area contributed by atoms with Gasteiger partial charge in [-0.25, -0.2) is 0 Å². The lowest BCUT2D eigenvalue weighted by Gasteiger charge is -1.96. The fourth-order valence-corrected chi connectivity index (χ4v) is 0.920. The van der Waals surface area contributed by atoms with Crippen molar-refractivity contribution in [3.05, 3.63) is 12.2 Å². The number of carboxylic acids is 1. The van der Waals surface area contributed by atoms with Crippen LogP contribution in [0.1, 0.15) is 6.92 Å². The zero-order valence-corrected chi connectivity index (χ0v) is 6.11. The summed E-state index contributed by atoms with van der Waals surface area (Å²) in [5, 5.41) is 9.81. The highest BCUT2D eigenvalue weighted by Crippen LogP contribution is 1.97. The SMILES string of the molecule is C/C=C/CSCC(=O)[O-]. The minimum absolute atomic E-state index is 0.0876. The van der Waals surface area contributed by atoms with Gasteiger partial charge in [0.1, 0.15) is 0 Å². The first-order valence-electron chi connectivity index (χ1n) is 2.66. The maximum absolute atomic E-state index is 9.81. The molecule has 0 aliphatic carbocycles.